The molecule has 1 N–H and O–H groups in total. The number of hydrogen-bond donors (Lipinski definition) is 1. The van der Waals surface area contributed by atoms with Gasteiger partial charge in [0.15, 0.2) is 0 Å². The molecule has 8 nitrogen and oxygen atoms in total. The Hall–Kier alpha value is -2.64. The van der Waals surface area contributed by atoms with Gasteiger partial charge in [0.1, 0.15) is 5.69 Å². The van der Waals surface area contributed by atoms with Crippen LogP contribution >= 0.6 is 0 Å². The summed E-state index contributed by atoms with van der Waals surface area (Å²) in [5.41, 5.74) is 1.41. The van der Waals surface area contributed by atoms with Gasteiger partial charge < -0.3 is 15.3 Å². The summed E-state index contributed by atoms with van der Waals surface area (Å²) in [6.45, 7) is 3.99. The van der Waals surface area contributed by atoms with Crippen LogP contribution in [-0.2, 0) is 0 Å². The van der Waals surface area contributed by atoms with E-state index in [0.717, 1.165) is 36.0 Å². The molecule has 0 radical (unpaired) electrons. The first-order chi connectivity index (χ1) is 11.5. The minimum absolute atomic E-state index is 0.0361. The van der Waals surface area contributed by atoms with Crippen LogP contribution in [0.2, 0.25) is 0 Å². The van der Waals surface area contributed by atoms with Gasteiger partial charge in [-0.1, -0.05) is 36.7 Å². The van der Waals surface area contributed by atoms with Crippen LogP contribution in [0.3, 0.4) is 0 Å². The molecule has 8 heteroatoms. The number of aryl methyl sites for hydroxylation is 1. The smallest absolute Gasteiger partial charge is 0.409 e. The van der Waals surface area contributed by atoms with E-state index in [0.29, 0.717) is 16.5 Å². The molecule has 1 heterocycles. The SMILES string of the molecule is Cc1cccc(-n2nc([N+](=O)[O-])c(=N[C@H]3CCCC[C@@H]3C)n2O)c1. The second-order valence-corrected chi connectivity index (χ2v) is 6.38. The Morgan fingerprint density at radius 3 is 2.79 bits per heavy atom. The number of nitro groups is 1. The maximum atomic E-state index is 11.4. The minimum Gasteiger partial charge on any atom is -0.409 e. The van der Waals surface area contributed by atoms with Crippen molar-refractivity contribution in [2.24, 2.45) is 10.9 Å². The van der Waals surface area contributed by atoms with Gasteiger partial charge in [0.2, 0.25) is 0 Å². The van der Waals surface area contributed by atoms with Crippen LogP contribution in [0.25, 0.3) is 5.69 Å². The van der Waals surface area contributed by atoms with Crippen molar-refractivity contribution in [3.8, 4) is 5.69 Å². The van der Waals surface area contributed by atoms with Gasteiger partial charge in [-0.3, -0.25) is 4.99 Å². The Bertz CT molecular complexity index is 823. The summed E-state index contributed by atoms with van der Waals surface area (Å²) in [6.07, 6.45) is 4.11. The van der Waals surface area contributed by atoms with Crippen LogP contribution < -0.4 is 5.49 Å². The van der Waals surface area contributed by atoms with Crippen molar-refractivity contribution < 1.29 is 10.1 Å². The lowest BCUT2D eigenvalue weighted by molar-refractivity contribution is -0.391. The van der Waals surface area contributed by atoms with Gasteiger partial charge in [0, 0.05) is 0 Å². The summed E-state index contributed by atoms with van der Waals surface area (Å²) >= 11 is 0. The highest BCUT2D eigenvalue weighted by molar-refractivity contribution is 5.34. The fraction of sp³-hybridized carbons (Fsp3) is 0.500. The summed E-state index contributed by atoms with van der Waals surface area (Å²) < 4.78 is 0. The third kappa shape index (κ3) is 3.04. The number of benzene rings is 1. The quantitative estimate of drug-likeness (QED) is 0.531. The Labute approximate surface area is 139 Å². The molecule has 0 bridgehead atoms. The van der Waals surface area contributed by atoms with Gasteiger partial charge in [-0.2, -0.15) is 0 Å². The lowest BCUT2D eigenvalue weighted by Gasteiger charge is -2.24. The molecule has 0 spiro atoms. The fourth-order valence-electron chi connectivity index (χ4n) is 3.15. The van der Waals surface area contributed by atoms with Crippen LogP contribution in [0, 0.1) is 23.0 Å². The van der Waals surface area contributed by atoms with Gasteiger partial charge in [-0.05, 0) is 53.1 Å². The molecule has 1 aromatic carbocycles. The number of aromatic nitrogens is 3. The molecule has 24 heavy (non-hydrogen) atoms. The molecule has 1 aromatic heterocycles. The normalized spacial score (nSPS) is 21.8. The molecule has 1 aliphatic carbocycles. The molecule has 128 valence electrons. The van der Waals surface area contributed by atoms with E-state index >= 15 is 0 Å². The molecule has 1 saturated carbocycles. The van der Waals surface area contributed by atoms with E-state index in [-0.39, 0.29) is 11.5 Å². The van der Waals surface area contributed by atoms with Crippen molar-refractivity contribution in [2.75, 3.05) is 0 Å². The third-order valence-corrected chi connectivity index (χ3v) is 4.52. The number of hydrogen-bond acceptors (Lipinski definition) is 5. The van der Waals surface area contributed by atoms with E-state index in [9.17, 15) is 15.3 Å². The molecule has 1 fully saturated rings. The second kappa shape index (κ2) is 6.46. The van der Waals surface area contributed by atoms with Crippen LogP contribution in [0.15, 0.2) is 29.3 Å². The van der Waals surface area contributed by atoms with E-state index in [1.807, 2.05) is 13.0 Å². The summed E-state index contributed by atoms with van der Waals surface area (Å²) in [5, 5.41) is 25.7. The second-order valence-electron chi connectivity index (χ2n) is 6.38. The van der Waals surface area contributed by atoms with E-state index in [1.165, 1.54) is 0 Å². The Morgan fingerprint density at radius 1 is 1.38 bits per heavy atom. The van der Waals surface area contributed by atoms with Gasteiger partial charge >= 0.3 is 5.82 Å². The molecule has 0 unspecified atom stereocenters. The lowest BCUT2D eigenvalue weighted by atomic mass is 9.86. The Morgan fingerprint density at radius 2 is 2.12 bits per heavy atom. The maximum Gasteiger partial charge on any atom is 0.438 e. The monoisotopic (exact) mass is 331 g/mol. The van der Waals surface area contributed by atoms with Gasteiger partial charge in [-0.15, -0.1) is 0 Å². The van der Waals surface area contributed by atoms with E-state index in [1.54, 1.807) is 18.2 Å². The number of nitrogens with zero attached hydrogens (tertiary/aromatic N) is 5. The van der Waals surface area contributed by atoms with E-state index in [4.69, 9.17) is 0 Å². The highest BCUT2D eigenvalue weighted by Gasteiger charge is 2.27. The zero-order valence-corrected chi connectivity index (χ0v) is 13.8. The average molecular weight is 331 g/mol. The molecular weight excluding hydrogens is 310 g/mol. The topological polar surface area (TPSA) is 98.5 Å². The largest absolute Gasteiger partial charge is 0.438 e. The predicted molar refractivity (Wildman–Crippen MR) is 87.1 cm³/mol. The zero-order chi connectivity index (χ0) is 17.3. The Balaban J connectivity index is 2.13. The van der Waals surface area contributed by atoms with Crippen LogP contribution in [0.5, 0.6) is 0 Å². The van der Waals surface area contributed by atoms with Gasteiger partial charge in [0.25, 0.3) is 5.49 Å². The lowest BCUT2D eigenvalue weighted by Crippen LogP contribution is -2.28. The van der Waals surface area contributed by atoms with Crippen molar-refractivity contribution in [1.29, 1.82) is 0 Å². The van der Waals surface area contributed by atoms with Crippen molar-refractivity contribution in [1.82, 2.24) is 14.7 Å². The summed E-state index contributed by atoms with van der Waals surface area (Å²) in [5.74, 6) is -0.0996. The molecule has 2 atom stereocenters. The highest BCUT2D eigenvalue weighted by atomic mass is 16.6. The van der Waals surface area contributed by atoms with E-state index < -0.39 is 10.7 Å². The first kappa shape index (κ1) is 16.2. The molecular formula is C16H21N5O3. The Kier molecular flexibility index (Phi) is 4.37. The molecule has 3 rings (SSSR count). The first-order valence-corrected chi connectivity index (χ1v) is 8.14. The predicted octanol–water partition coefficient (Wildman–Crippen LogP) is 2.61. The zero-order valence-electron chi connectivity index (χ0n) is 13.8. The highest BCUT2D eigenvalue weighted by Crippen LogP contribution is 2.26. The van der Waals surface area contributed by atoms with Gasteiger partial charge in [-0.25, -0.2) is 0 Å². The average Bonchev–Trinajstić information content (AvgIpc) is 2.87. The van der Waals surface area contributed by atoms with Crippen molar-refractivity contribution in [3.63, 3.8) is 0 Å². The molecule has 0 saturated heterocycles. The van der Waals surface area contributed by atoms with Crippen molar-refractivity contribution in [2.45, 2.75) is 45.6 Å². The summed E-state index contributed by atoms with van der Waals surface area (Å²) in [7, 11) is 0. The van der Waals surface area contributed by atoms with Gasteiger partial charge in [0.05, 0.1) is 11.1 Å². The minimum atomic E-state index is -0.606. The van der Waals surface area contributed by atoms with Crippen LogP contribution in [0.4, 0.5) is 5.82 Å². The maximum absolute atomic E-state index is 11.4. The molecule has 1 aliphatic rings. The first-order valence-electron chi connectivity index (χ1n) is 8.14. The molecule has 0 amide bonds. The third-order valence-electron chi connectivity index (χ3n) is 4.52. The molecule has 0 aliphatic heterocycles. The van der Waals surface area contributed by atoms with Crippen molar-refractivity contribution in [3.05, 3.63) is 45.4 Å². The molecule has 2 aromatic rings. The van der Waals surface area contributed by atoms with Crippen LogP contribution in [0.1, 0.15) is 38.2 Å². The summed E-state index contributed by atoms with van der Waals surface area (Å²) in [6, 6.07) is 7.18. The van der Waals surface area contributed by atoms with Crippen LogP contribution in [-0.4, -0.2) is 30.9 Å². The standard InChI is InChI=1S/C16H21N5O3/c1-11-6-5-8-13(10-11)19-18-16(21(23)24)15(20(19)22)17-14-9-4-3-7-12(14)2/h5-6,8,10,12,14,22H,3-4,7,9H2,1-2H3/t12-,14-/m0/s1. The van der Waals surface area contributed by atoms with E-state index in [2.05, 4.69) is 17.0 Å². The van der Waals surface area contributed by atoms with Crippen molar-refractivity contribution >= 4 is 5.82 Å². The fourth-order valence-corrected chi connectivity index (χ4v) is 3.15. The summed E-state index contributed by atoms with van der Waals surface area (Å²) in [4.78, 5) is 17.0. The number of rotatable bonds is 3.